The first kappa shape index (κ1) is 8.29. The van der Waals surface area contributed by atoms with E-state index < -0.39 is 0 Å². The molecular weight excluding hydrogens is 164 g/mol. The van der Waals surface area contributed by atoms with Gasteiger partial charge in [-0.1, -0.05) is 12.1 Å². The molecule has 13 heavy (non-hydrogen) atoms. The predicted molar refractivity (Wildman–Crippen MR) is 52.0 cm³/mol. The Balaban J connectivity index is 2.61. The van der Waals surface area contributed by atoms with Crippen molar-refractivity contribution < 1.29 is 4.42 Å². The van der Waals surface area contributed by atoms with E-state index in [0.29, 0.717) is 13.1 Å². The van der Waals surface area contributed by atoms with Gasteiger partial charge in [-0.05, 0) is 11.6 Å². The molecule has 1 aromatic heterocycles. The number of hydrogen-bond acceptors (Lipinski definition) is 3. The molecule has 3 heteroatoms. The number of benzene rings is 1. The fourth-order valence-electron chi connectivity index (χ4n) is 1.41. The second-order valence-electron chi connectivity index (χ2n) is 3.00. The van der Waals surface area contributed by atoms with E-state index in [9.17, 15) is 0 Å². The molecule has 3 nitrogen and oxygen atoms in total. The summed E-state index contributed by atoms with van der Waals surface area (Å²) in [6, 6.07) is 5.95. The van der Waals surface area contributed by atoms with Gasteiger partial charge >= 0.3 is 0 Å². The highest BCUT2D eigenvalue weighted by Crippen LogP contribution is 2.21. The Morgan fingerprint density at radius 3 is 2.69 bits per heavy atom. The lowest BCUT2D eigenvalue weighted by atomic mass is 10.1. The van der Waals surface area contributed by atoms with Crippen molar-refractivity contribution in [2.75, 3.05) is 0 Å². The van der Waals surface area contributed by atoms with E-state index in [1.54, 1.807) is 6.26 Å². The van der Waals surface area contributed by atoms with Gasteiger partial charge in [-0.3, -0.25) is 0 Å². The fourth-order valence-corrected chi connectivity index (χ4v) is 1.41. The first-order valence-electron chi connectivity index (χ1n) is 4.24. The number of hydrogen-bond donors (Lipinski definition) is 2. The maximum Gasteiger partial charge on any atom is 0.134 e. The third-order valence-electron chi connectivity index (χ3n) is 2.18. The summed E-state index contributed by atoms with van der Waals surface area (Å²) >= 11 is 0. The van der Waals surface area contributed by atoms with Gasteiger partial charge in [-0.2, -0.15) is 0 Å². The monoisotopic (exact) mass is 176 g/mol. The molecule has 0 fully saturated rings. The number of fused-ring (bicyclic) bond motifs is 1. The molecule has 0 aliphatic heterocycles. The lowest BCUT2D eigenvalue weighted by Gasteiger charge is -1.96. The van der Waals surface area contributed by atoms with Gasteiger partial charge in [-0.15, -0.1) is 0 Å². The van der Waals surface area contributed by atoms with Crippen LogP contribution in [-0.2, 0) is 13.1 Å². The van der Waals surface area contributed by atoms with Crippen molar-refractivity contribution in [1.29, 1.82) is 0 Å². The van der Waals surface area contributed by atoms with Gasteiger partial charge in [0, 0.05) is 24.0 Å². The van der Waals surface area contributed by atoms with Crippen LogP contribution in [-0.4, -0.2) is 0 Å². The van der Waals surface area contributed by atoms with Crippen LogP contribution < -0.4 is 11.5 Å². The summed E-state index contributed by atoms with van der Waals surface area (Å²) in [6.45, 7) is 1.05. The molecule has 2 rings (SSSR count). The van der Waals surface area contributed by atoms with Crippen LogP contribution in [0.15, 0.2) is 28.9 Å². The van der Waals surface area contributed by atoms with Crippen molar-refractivity contribution >= 4 is 11.0 Å². The zero-order valence-electron chi connectivity index (χ0n) is 7.29. The van der Waals surface area contributed by atoms with Crippen LogP contribution in [0.1, 0.15) is 11.1 Å². The van der Waals surface area contributed by atoms with Gasteiger partial charge in [0.25, 0.3) is 0 Å². The average molecular weight is 176 g/mol. The molecule has 0 atom stereocenters. The van der Waals surface area contributed by atoms with Gasteiger partial charge in [0.05, 0.1) is 6.26 Å². The Labute approximate surface area is 76.3 Å². The SMILES string of the molecule is NCc1ccc2c(CN)coc2c1. The van der Waals surface area contributed by atoms with Gasteiger partial charge < -0.3 is 15.9 Å². The van der Waals surface area contributed by atoms with Crippen LogP contribution in [0.3, 0.4) is 0 Å². The third kappa shape index (κ3) is 1.32. The molecule has 0 radical (unpaired) electrons. The lowest BCUT2D eigenvalue weighted by Crippen LogP contribution is -1.96. The molecule has 0 saturated carbocycles. The molecule has 1 aromatic carbocycles. The molecule has 4 N–H and O–H groups in total. The van der Waals surface area contributed by atoms with E-state index in [2.05, 4.69) is 0 Å². The molecular formula is C10H12N2O. The molecule has 68 valence electrons. The minimum atomic E-state index is 0.509. The van der Waals surface area contributed by atoms with Crippen LogP contribution in [0.4, 0.5) is 0 Å². The van der Waals surface area contributed by atoms with Gasteiger partial charge in [0.15, 0.2) is 0 Å². The highest BCUT2D eigenvalue weighted by atomic mass is 16.3. The molecule has 1 heterocycles. The summed E-state index contributed by atoms with van der Waals surface area (Å²) in [5.74, 6) is 0. The fraction of sp³-hybridized carbons (Fsp3) is 0.200. The van der Waals surface area contributed by atoms with Crippen molar-refractivity contribution in [2.45, 2.75) is 13.1 Å². The van der Waals surface area contributed by atoms with E-state index in [0.717, 1.165) is 22.1 Å². The Hall–Kier alpha value is -1.32. The molecule has 0 saturated heterocycles. The highest BCUT2D eigenvalue weighted by molar-refractivity contribution is 5.81. The normalized spacial score (nSPS) is 10.9. The van der Waals surface area contributed by atoms with Crippen LogP contribution in [0.5, 0.6) is 0 Å². The summed E-state index contributed by atoms with van der Waals surface area (Å²) in [4.78, 5) is 0. The van der Waals surface area contributed by atoms with Crippen molar-refractivity contribution in [3.63, 3.8) is 0 Å². The largest absolute Gasteiger partial charge is 0.464 e. The number of nitrogens with two attached hydrogens (primary N) is 2. The van der Waals surface area contributed by atoms with Gasteiger partial charge in [0.2, 0.25) is 0 Å². The van der Waals surface area contributed by atoms with E-state index in [4.69, 9.17) is 15.9 Å². The van der Waals surface area contributed by atoms with Crippen molar-refractivity contribution in [2.24, 2.45) is 11.5 Å². The van der Waals surface area contributed by atoms with E-state index >= 15 is 0 Å². The standard InChI is InChI=1S/C10H12N2O/c11-4-7-1-2-9-8(5-12)6-13-10(9)3-7/h1-3,6H,4-5,11-12H2. The molecule has 0 spiro atoms. The molecule has 0 aliphatic rings. The Bertz CT molecular complexity index is 420. The summed E-state index contributed by atoms with van der Waals surface area (Å²) in [7, 11) is 0. The van der Waals surface area contributed by atoms with E-state index in [-0.39, 0.29) is 0 Å². The van der Waals surface area contributed by atoms with Crippen LogP contribution in [0.2, 0.25) is 0 Å². The van der Waals surface area contributed by atoms with E-state index in [1.165, 1.54) is 0 Å². The maximum atomic E-state index is 5.55. The van der Waals surface area contributed by atoms with E-state index in [1.807, 2.05) is 18.2 Å². The quantitative estimate of drug-likeness (QED) is 0.725. The van der Waals surface area contributed by atoms with Crippen LogP contribution >= 0.6 is 0 Å². The molecule has 0 unspecified atom stereocenters. The third-order valence-corrected chi connectivity index (χ3v) is 2.18. The molecule has 2 aromatic rings. The molecule has 0 bridgehead atoms. The first-order valence-corrected chi connectivity index (χ1v) is 4.24. The summed E-state index contributed by atoms with van der Waals surface area (Å²) in [5, 5.41) is 1.08. The minimum absolute atomic E-state index is 0.509. The minimum Gasteiger partial charge on any atom is -0.464 e. The lowest BCUT2D eigenvalue weighted by molar-refractivity contribution is 0.610. The second-order valence-corrected chi connectivity index (χ2v) is 3.00. The average Bonchev–Trinajstić information content (AvgIpc) is 2.59. The van der Waals surface area contributed by atoms with Crippen LogP contribution in [0, 0.1) is 0 Å². The first-order chi connectivity index (χ1) is 6.35. The Kier molecular flexibility index (Phi) is 2.04. The smallest absolute Gasteiger partial charge is 0.134 e. The Morgan fingerprint density at radius 1 is 1.15 bits per heavy atom. The van der Waals surface area contributed by atoms with Gasteiger partial charge in [0.1, 0.15) is 5.58 Å². The number of furan rings is 1. The summed E-state index contributed by atoms with van der Waals surface area (Å²) < 4.78 is 5.35. The zero-order valence-corrected chi connectivity index (χ0v) is 7.29. The zero-order chi connectivity index (χ0) is 9.26. The van der Waals surface area contributed by atoms with Crippen LogP contribution in [0.25, 0.3) is 11.0 Å². The summed E-state index contributed by atoms with van der Waals surface area (Å²) in [5.41, 5.74) is 14.0. The Morgan fingerprint density at radius 2 is 2.00 bits per heavy atom. The van der Waals surface area contributed by atoms with Crippen molar-refractivity contribution in [3.8, 4) is 0 Å². The maximum absolute atomic E-state index is 5.55. The van der Waals surface area contributed by atoms with Crippen molar-refractivity contribution in [1.82, 2.24) is 0 Å². The second kappa shape index (κ2) is 3.20. The van der Waals surface area contributed by atoms with Gasteiger partial charge in [-0.25, -0.2) is 0 Å². The van der Waals surface area contributed by atoms with Crippen molar-refractivity contribution in [3.05, 3.63) is 35.6 Å². The topological polar surface area (TPSA) is 65.2 Å². The predicted octanol–water partition coefficient (Wildman–Crippen LogP) is 1.35. The molecule has 0 amide bonds. The molecule has 0 aliphatic carbocycles. The highest BCUT2D eigenvalue weighted by Gasteiger charge is 2.03. The number of rotatable bonds is 2. The summed E-state index contributed by atoms with van der Waals surface area (Å²) in [6.07, 6.45) is 1.70.